The van der Waals surface area contributed by atoms with Gasteiger partial charge in [0, 0.05) is 0 Å². The maximum Gasteiger partial charge on any atom is 0.335 e. The number of aliphatic carboxylic acids is 2. The molecular weight excluding hydrogens is 222 g/mol. The minimum Gasteiger partial charge on any atom is -0.479 e. The maximum atomic E-state index is 9.77. The summed E-state index contributed by atoms with van der Waals surface area (Å²) in [6.45, 7) is 0. The lowest BCUT2D eigenvalue weighted by molar-refractivity contribution is -0.165. The fourth-order valence-corrected chi connectivity index (χ4v) is 0.475. The quantitative estimate of drug-likeness (QED) is 0.451. The highest BCUT2D eigenvalue weighted by molar-refractivity contribution is 5.83. The number of aliphatic hydroxyl groups is 2. The van der Waals surface area contributed by atoms with Crippen LogP contribution in [0.4, 0.5) is 0 Å². The molecule has 1 heterocycles. The topological polar surface area (TPSA) is 154 Å². The second-order valence-corrected chi connectivity index (χ2v) is 2.38. The molecule has 1 aromatic heterocycles. The van der Waals surface area contributed by atoms with Crippen molar-refractivity contribution in [3.05, 3.63) is 18.5 Å². The summed E-state index contributed by atoms with van der Waals surface area (Å²) in [5.41, 5.74) is 0. The largest absolute Gasteiger partial charge is 0.479 e. The molecule has 0 aromatic carbocycles. The second-order valence-electron chi connectivity index (χ2n) is 2.38. The normalized spacial score (nSPS) is 12.9. The average molecular weight is 231 g/mol. The third-order valence-corrected chi connectivity index (χ3v) is 1.21. The van der Waals surface area contributed by atoms with E-state index in [-0.39, 0.29) is 0 Å². The third-order valence-electron chi connectivity index (χ3n) is 1.21. The summed E-state index contributed by atoms with van der Waals surface area (Å²) in [6, 6.07) is 1.72. The molecule has 0 aliphatic carbocycles. The molecular formula is C7H9N3O6. The first-order chi connectivity index (χ1) is 7.46. The molecule has 0 amide bonds. The predicted molar refractivity (Wildman–Crippen MR) is 47.1 cm³/mol. The highest BCUT2D eigenvalue weighted by atomic mass is 16.4. The summed E-state index contributed by atoms with van der Waals surface area (Å²) in [5, 5.41) is 42.7. The van der Waals surface area contributed by atoms with Gasteiger partial charge in [-0.2, -0.15) is 0 Å². The lowest BCUT2D eigenvalue weighted by Crippen LogP contribution is -2.39. The van der Waals surface area contributed by atoms with Crippen LogP contribution in [0.2, 0.25) is 0 Å². The molecule has 0 radical (unpaired) electrons. The summed E-state index contributed by atoms with van der Waals surface area (Å²) < 4.78 is 0. The molecule has 0 aliphatic heterocycles. The Hall–Kier alpha value is -2.13. The number of carboxylic acids is 2. The van der Waals surface area contributed by atoms with Gasteiger partial charge in [-0.3, -0.25) is 0 Å². The highest BCUT2D eigenvalue weighted by Gasteiger charge is 2.29. The fourth-order valence-electron chi connectivity index (χ4n) is 0.475. The summed E-state index contributed by atoms with van der Waals surface area (Å²) in [5.74, 6) is -3.54. The molecule has 0 saturated carbocycles. The van der Waals surface area contributed by atoms with Crippen LogP contribution >= 0.6 is 0 Å². The van der Waals surface area contributed by atoms with Gasteiger partial charge in [-0.15, -0.1) is 10.2 Å². The Morgan fingerprint density at radius 1 is 0.938 bits per heavy atom. The van der Waals surface area contributed by atoms with E-state index in [1.165, 1.54) is 0 Å². The molecule has 16 heavy (non-hydrogen) atoms. The number of rotatable bonds is 3. The van der Waals surface area contributed by atoms with Crippen molar-refractivity contribution >= 4 is 11.9 Å². The zero-order valence-electron chi connectivity index (χ0n) is 7.83. The van der Waals surface area contributed by atoms with E-state index in [0.717, 1.165) is 0 Å². The van der Waals surface area contributed by atoms with Crippen molar-refractivity contribution < 1.29 is 30.0 Å². The van der Waals surface area contributed by atoms with Crippen molar-refractivity contribution in [3.8, 4) is 0 Å². The van der Waals surface area contributed by atoms with Crippen LogP contribution in [-0.2, 0) is 9.59 Å². The molecule has 9 heteroatoms. The van der Waals surface area contributed by atoms with E-state index in [1.54, 1.807) is 18.5 Å². The van der Waals surface area contributed by atoms with E-state index in [2.05, 4.69) is 15.4 Å². The van der Waals surface area contributed by atoms with Gasteiger partial charge in [0.15, 0.2) is 12.2 Å². The monoisotopic (exact) mass is 231 g/mol. The number of carbonyl (C=O) groups is 2. The van der Waals surface area contributed by atoms with Gasteiger partial charge in [0.05, 0.1) is 12.4 Å². The van der Waals surface area contributed by atoms with Crippen molar-refractivity contribution in [2.75, 3.05) is 0 Å². The van der Waals surface area contributed by atoms with Crippen LogP contribution in [0.5, 0.6) is 0 Å². The molecule has 0 fully saturated rings. The molecule has 4 N–H and O–H groups in total. The lowest BCUT2D eigenvalue weighted by Gasteiger charge is -2.07. The smallest absolute Gasteiger partial charge is 0.335 e. The Kier molecular flexibility index (Phi) is 6.24. The number of aliphatic hydroxyl groups excluding tert-OH is 2. The minimum atomic E-state index is -2.27. The van der Waals surface area contributed by atoms with Crippen LogP contribution in [0, 0.1) is 0 Å². The summed E-state index contributed by atoms with van der Waals surface area (Å²) in [6.07, 6.45) is -1.38. The zero-order valence-corrected chi connectivity index (χ0v) is 7.83. The van der Waals surface area contributed by atoms with E-state index in [4.69, 9.17) is 20.4 Å². The molecule has 0 bridgehead atoms. The minimum absolute atomic E-state index is 1.58. The van der Waals surface area contributed by atoms with Crippen LogP contribution in [0.3, 0.4) is 0 Å². The number of aromatic nitrogens is 3. The Bertz CT molecular complexity index is 287. The van der Waals surface area contributed by atoms with Crippen LogP contribution in [0.1, 0.15) is 0 Å². The van der Waals surface area contributed by atoms with E-state index < -0.39 is 24.1 Å². The predicted octanol–water partition coefficient (Wildman–Crippen LogP) is -2.25. The van der Waals surface area contributed by atoms with Crippen molar-refractivity contribution in [2.24, 2.45) is 0 Å². The van der Waals surface area contributed by atoms with E-state index in [9.17, 15) is 9.59 Å². The first-order valence-corrected chi connectivity index (χ1v) is 3.87. The summed E-state index contributed by atoms with van der Waals surface area (Å²) in [4.78, 5) is 19.5. The molecule has 1 aromatic rings. The van der Waals surface area contributed by atoms with Crippen molar-refractivity contribution in [2.45, 2.75) is 12.2 Å². The van der Waals surface area contributed by atoms with Gasteiger partial charge >= 0.3 is 11.9 Å². The van der Waals surface area contributed by atoms with E-state index in [0.29, 0.717) is 0 Å². The fraction of sp³-hybridized carbons (Fsp3) is 0.286. The molecule has 9 nitrogen and oxygen atoms in total. The Morgan fingerprint density at radius 2 is 1.31 bits per heavy atom. The van der Waals surface area contributed by atoms with Crippen LogP contribution in [-0.4, -0.2) is 60.0 Å². The Labute approximate surface area is 89.0 Å². The van der Waals surface area contributed by atoms with Crippen molar-refractivity contribution in [1.82, 2.24) is 15.4 Å². The van der Waals surface area contributed by atoms with E-state index in [1.807, 2.05) is 0 Å². The van der Waals surface area contributed by atoms with Gasteiger partial charge in [-0.05, 0) is 11.3 Å². The van der Waals surface area contributed by atoms with Crippen LogP contribution in [0.25, 0.3) is 0 Å². The highest BCUT2D eigenvalue weighted by Crippen LogP contribution is 1.92. The third kappa shape index (κ3) is 5.57. The van der Waals surface area contributed by atoms with Crippen molar-refractivity contribution in [3.63, 3.8) is 0 Å². The number of hydrogen-bond acceptors (Lipinski definition) is 7. The van der Waals surface area contributed by atoms with Gasteiger partial charge in [-0.25, -0.2) is 9.59 Å². The second kappa shape index (κ2) is 7.20. The number of hydrogen-bond donors (Lipinski definition) is 4. The standard InChI is InChI=1S/C4H6O6.C3H3N3/c5-1(3(7)8)2(6)4(9)10;1-2-4-6-5-3-1/h1-2,5-6H,(H,7,8)(H,9,10);1-3H. The summed E-state index contributed by atoms with van der Waals surface area (Å²) in [7, 11) is 0. The van der Waals surface area contributed by atoms with Crippen LogP contribution in [0.15, 0.2) is 18.5 Å². The zero-order chi connectivity index (χ0) is 12.6. The first-order valence-electron chi connectivity index (χ1n) is 3.87. The van der Waals surface area contributed by atoms with Gasteiger partial charge in [0.25, 0.3) is 0 Å². The molecule has 1 rings (SSSR count). The Balaban J connectivity index is 0.000000315. The Morgan fingerprint density at radius 3 is 1.44 bits per heavy atom. The maximum absolute atomic E-state index is 9.77. The average Bonchev–Trinajstić information content (AvgIpc) is 2.30. The van der Waals surface area contributed by atoms with Gasteiger partial charge in [0.2, 0.25) is 0 Å². The molecule has 0 saturated heterocycles. The van der Waals surface area contributed by atoms with Crippen LogP contribution < -0.4 is 0 Å². The van der Waals surface area contributed by atoms with Crippen molar-refractivity contribution in [1.29, 1.82) is 0 Å². The van der Waals surface area contributed by atoms with Gasteiger partial charge in [0.1, 0.15) is 0 Å². The lowest BCUT2D eigenvalue weighted by atomic mass is 10.2. The first kappa shape index (κ1) is 13.9. The molecule has 88 valence electrons. The summed E-state index contributed by atoms with van der Waals surface area (Å²) >= 11 is 0. The number of carboxylic acid groups (broad SMARTS) is 2. The molecule has 0 spiro atoms. The molecule has 0 aliphatic rings. The SMILES string of the molecule is O=C(O)C(O)C(O)C(=O)O.c1cnnnc1. The number of nitrogens with zero attached hydrogens (tertiary/aromatic N) is 3. The van der Waals surface area contributed by atoms with Gasteiger partial charge < -0.3 is 20.4 Å². The molecule has 2 unspecified atom stereocenters. The van der Waals surface area contributed by atoms with Gasteiger partial charge in [-0.1, -0.05) is 0 Å². The van der Waals surface area contributed by atoms with E-state index >= 15 is 0 Å². The molecule has 2 atom stereocenters.